The van der Waals surface area contributed by atoms with Gasteiger partial charge in [0.1, 0.15) is 5.75 Å². The van der Waals surface area contributed by atoms with Crippen LogP contribution < -0.4 is 14.2 Å². The maximum Gasteiger partial charge on any atom is 0.167 e. The molecule has 0 fully saturated rings. The van der Waals surface area contributed by atoms with Crippen LogP contribution in [0, 0.1) is 5.41 Å². The van der Waals surface area contributed by atoms with Crippen LogP contribution in [0.2, 0.25) is 0 Å². The third kappa shape index (κ3) is 3.88. The highest BCUT2D eigenvalue weighted by atomic mass is 16.5. The van der Waals surface area contributed by atoms with Crippen molar-refractivity contribution in [3.05, 3.63) is 17.7 Å². The van der Waals surface area contributed by atoms with Crippen LogP contribution in [0.25, 0.3) is 0 Å². The molecule has 0 atom stereocenters. The summed E-state index contributed by atoms with van der Waals surface area (Å²) in [7, 11) is 4.63. The molecule has 0 unspecified atom stereocenters. The van der Waals surface area contributed by atoms with Crippen LogP contribution in [0.15, 0.2) is 12.1 Å². The van der Waals surface area contributed by atoms with Crippen molar-refractivity contribution in [3.8, 4) is 17.2 Å². The molecule has 1 aromatic rings. The van der Waals surface area contributed by atoms with Crippen molar-refractivity contribution in [2.75, 3.05) is 21.3 Å². The summed E-state index contributed by atoms with van der Waals surface area (Å²) in [5.74, 6) is 1.62. The van der Waals surface area contributed by atoms with Gasteiger partial charge in [-0.15, -0.1) is 0 Å². The van der Waals surface area contributed by atoms with Crippen LogP contribution in [-0.4, -0.2) is 27.1 Å². The lowest BCUT2D eigenvalue weighted by Crippen LogP contribution is -2.14. The first kappa shape index (κ1) is 15.3. The van der Waals surface area contributed by atoms with E-state index in [0.29, 0.717) is 29.2 Å². The predicted molar refractivity (Wildman–Crippen MR) is 74.5 cm³/mol. The predicted octanol–water partition coefficient (Wildman–Crippen LogP) is 3.33. The fourth-order valence-electron chi connectivity index (χ4n) is 1.82. The zero-order valence-corrected chi connectivity index (χ0v) is 12.5. The van der Waals surface area contributed by atoms with Gasteiger partial charge in [0.05, 0.1) is 26.9 Å². The van der Waals surface area contributed by atoms with E-state index in [1.54, 1.807) is 26.4 Å². The normalized spacial score (nSPS) is 11.1. The third-order valence-electron chi connectivity index (χ3n) is 2.70. The smallest absolute Gasteiger partial charge is 0.167 e. The van der Waals surface area contributed by atoms with Gasteiger partial charge < -0.3 is 14.2 Å². The van der Waals surface area contributed by atoms with Crippen LogP contribution in [0.1, 0.15) is 37.6 Å². The second-order valence-electron chi connectivity index (χ2n) is 5.57. The molecule has 106 valence electrons. The van der Waals surface area contributed by atoms with Crippen LogP contribution in [0.3, 0.4) is 0 Å². The Bertz CT molecular complexity index is 458. The Balaban J connectivity index is 3.22. The molecule has 4 nitrogen and oxygen atoms in total. The van der Waals surface area contributed by atoms with Gasteiger partial charge in [0.25, 0.3) is 0 Å². The van der Waals surface area contributed by atoms with Crippen molar-refractivity contribution in [2.45, 2.75) is 27.2 Å². The van der Waals surface area contributed by atoms with E-state index in [1.807, 2.05) is 20.8 Å². The zero-order valence-electron chi connectivity index (χ0n) is 12.5. The minimum Gasteiger partial charge on any atom is -0.496 e. The van der Waals surface area contributed by atoms with Crippen LogP contribution in [-0.2, 0) is 0 Å². The van der Waals surface area contributed by atoms with Gasteiger partial charge in [0.2, 0.25) is 0 Å². The van der Waals surface area contributed by atoms with Gasteiger partial charge in [-0.1, -0.05) is 20.8 Å². The fraction of sp³-hybridized carbons (Fsp3) is 0.533. The van der Waals surface area contributed by atoms with Gasteiger partial charge in [-0.2, -0.15) is 0 Å². The summed E-state index contributed by atoms with van der Waals surface area (Å²) in [6.07, 6.45) is 0.443. The Hall–Kier alpha value is -1.71. The van der Waals surface area contributed by atoms with Gasteiger partial charge in [-0.25, -0.2) is 0 Å². The van der Waals surface area contributed by atoms with Crippen LogP contribution in [0.5, 0.6) is 17.2 Å². The SMILES string of the molecule is COc1cc(OC)c(C(=O)CC(C)(C)C)cc1OC. The summed E-state index contributed by atoms with van der Waals surface area (Å²) in [5.41, 5.74) is 0.449. The minimum absolute atomic E-state index is 0.0327. The van der Waals surface area contributed by atoms with Crippen molar-refractivity contribution in [3.63, 3.8) is 0 Å². The number of benzene rings is 1. The summed E-state index contributed by atoms with van der Waals surface area (Å²) in [4.78, 5) is 12.3. The molecule has 1 rings (SSSR count). The summed E-state index contributed by atoms with van der Waals surface area (Å²) >= 11 is 0. The first-order valence-electron chi connectivity index (χ1n) is 6.15. The molecule has 0 heterocycles. The van der Waals surface area contributed by atoms with Crippen molar-refractivity contribution in [1.82, 2.24) is 0 Å². The van der Waals surface area contributed by atoms with Gasteiger partial charge in [0.15, 0.2) is 17.3 Å². The topological polar surface area (TPSA) is 44.8 Å². The molecule has 0 bridgehead atoms. The summed E-state index contributed by atoms with van der Waals surface area (Å²) < 4.78 is 15.7. The first-order valence-corrected chi connectivity index (χ1v) is 6.15. The highest BCUT2D eigenvalue weighted by Crippen LogP contribution is 2.36. The molecule has 0 N–H and O–H groups in total. The quantitative estimate of drug-likeness (QED) is 0.767. The zero-order chi connectivity index (χ0) is 14.6. The van der Waals surface area contributed by atoms with Gasteiger partial charge >= 0.3 is 0 Å². The molecule has 0 saturated heterocycles. The number of Topliss-reactive ketones (excluding diaryl/α,β-unsaturated/α-hetero) is 1. The van der Waals surface area contributed by atoms with Gasteiger partial charge in [-0.05, 0) is 11.5 Å². The number of carbonyl (C=O) groups excluding carboxylic acids is 1. The Morgan fingerprint density at radius 1 is 0.947 bits per heavy atom. The molecule has 0 spiro atoms. The first-order chi connectivity index (χ1) is 8.82. The van der Waals surface area contributed by atoms with Crippen LogP contribution >= 0.6 is 0 Å². The lowest BCUT2D eigenvalue weighted by Gasteiger charge is -2.19. The second-order valence-corrected chi connectivity index (χ2v) is 5.57. The molecule has 0 aliphatic rings. The highest BCUT2D eigenvalue weighted by Gasteiger charge is 2.22. The maximum atomic E-state index is 12.3. The Kier molecular flexibility index (Phi) is 4.81. The summed E-state index contributed by atoms with van der Waals surface area (Å²) in [6, 6.07) is 3.35. The number of hydrogen-bond acceptors (Lipinski definition) is 4. The highest BCUT2D eigenvalue weighted by molar-refractivity contribution is 5.99. The fourth-order valence-corrected chi connectivity index (χ4v) is 1.82. The van der Waals surface area contributed by atoms with E-state index in [2.05, 4.69) is 0 Å². The second kappa shape index (κ2) is 5.95. The average molecular weight is 266 g/mol. The van der Waals surface area contributed by atoms with Crippen molar-refractivity contribution in [1.29, 1.82) is 0 Å². The van der Waals surface area contributed by atoms with E-state index in [-0.39, 0.29) is 11.2 Å². The third-order valence-corrected chi connectivity index (χ3v) is 2.70. The minimum atomic E-state index is -0.0741. The monoisotopic (exact) mass is 266 g/mol. The van der Waals surface area contributed by atoms with Crippen LogP contribution in [0.4, 0.5) is 0 Å². The molecule has 0 saturated carbocycles. The van der Waals surface area contributed by atoms with Crippen molar-refractivity contribution in [2.24, 2.45) is 5.41 Å². The number of methoxy groups -OCH3 is 3. The summed E-state index contributed by atoms with van der Waals surface area (Å²) in [5, 5.41) is 0. The Morgan fingerprint density at radius 3 is 1.84 bits per heavy atom. The molecule has 19 heavy (non-hydrogen) atoms. The molecule has 0 amide bonds. The average Bonchev–Trinajstić information content (AvgIpc) is 2.34. The van der Waals surface area contributed by atoms with E-state index in [0.717, 1.165) is 0 Å². The van der Waals surface area contributed by atoms with Gasteiger partial charge in [0, 0.05) is 12.5 Å². The number of hydrogen-bond donors (Lipinski definition) is 0. The van der Waals surface area contributed by atoms with Crippen molar-refractivity contribution >= 4 is 5.78 Å². The number of rotatable bonds is 5. The largest absolute Gasteiger partial charge is 0.496 e. The number of ether oxygens (including phenoxy) is 3. The van der Waals surface area contributed by atoms with E-state index < -0.39 is 0 Å². The summed E-state index contributed by atoms with van der Waals surface area (Å²) in [6.45, 7) is 6.08. The number of carbonyl (C=O) groups is 1. The van der Waals surface area contributed by atoms with E-state index in [9.17, 15) is 4.79 Å². The van der Waals surface area contributed by atoms with E-state index in [1.165, 1.54) is 7.11 Å². The molecular weight excluding hydrogens is 244 g/mol. The lowest BCUT2D eigenvalue weighted by atomic mass is 9.87. The van der Waals surface area contributed by atoms with E-state index >= 15 is 0 Å². The Morgan fingerprint density at radius 2 is 1.42 bits per heavy atom. The van der Waals surface area contributed by atoms with Crippen molar-refractivity contribution < 1.29 is 19.0 Å². The van der Waals surface area contributed by atoms with Gasteiger partial charge in [-0.3, -0.25) is 4.79 Å². The molecule has 4 heteroatoms. The molecule has 1 aromatic carbocycles. The maximum absolute atomic E-state index is 12.3. The lowest BCUT2D eigenvalue weighted by molar-refractivity contribution is 0.0936. The Labute approximate surface area is 114 Å². The molecule has 0 radical (unpaired) electrons. The molecule has 0 aliphatic carbocycles. The number of ketones is 1. The molecule has 0 aliphatic heterocycles. The van der Waals surface area contributed by atoms with E-state index in [4.69, 9.17) is 14.2 Å². The molecule has 0 aromatic heterocycles. The standard InChI is InChI=1S/C15H22O4/c1-15(2,3)9-11(16)10-7-13(18-5)14(19-6)8-12(10)17-4/h7-8H,9H2,1-6H3. The molecular formula is C15H22O4.